The molecule has 0 saturated carbocycles. The van der Waals surface area contributed by atoms with Gasteiger partial charge in [-0.1, -0.05) is 49.1 Å². The maximum absolute atomic E-state index is 13.1. The molecule has 8 nitrogen and oxygen atoms in total. The van der Waals surface area contributed by atoms with Gasteiger partial charge < -0.3 is 4.74 Å². The molecule has 1 fully saturated rings. The number of amides is 1. The summed E-state index contributed by atoms with van der Waals surface area (Å²) in [7, 11) is 0. The van der Waals surface area contributed by atoms with Gasteiger partial charge in [-0.3, -0.25) is 19.8 Å². The van der Waals surface area contributed by atoms with E-state index in [4.69, 9.17) is 22.1 Å². The van der Waals surface area contributed by atoms with Gasteiger partial charge in [0.2, 0.25) is 0 Å². The molecule has 0 bridgehead atoms. The second-order valence-corrected chi connectivity index (χ2v) is 9.57. The standard InChI is InChI=1S/C25H24N4O4S2/c1-4-16(3)28-24(30)22(35-25(28)34)14-18-15-27(19-9-7-6-8-10-19)26-23(18)17-11-12-21(33-5-2)20(13-17)29(31)32/h6-16H,4-5H2,1-3H3. The SMILES string of the molecule is CCOc1ccc(-c2nn(-c3ccccc3)cc2C=C2SC(=S)N(C(C)CC)C2=O)cc1[N+](=O)[O-]. The van der Waals surface area contributed by atoms with E-state index < -0.39 is 4.92 Å². The zero-order valence-electron chi connectivity index (χ0n) is 19.5. The van der Waals surface area contributed by atoms with Crippen LogP contribution in [0.5, 0.6) is 5.75 Å². The molecule has 1 amide bonds. The summed E-state index contributed by atoms with van der Waals surface area (Å²) in [6.45, 7) is 6.05. The van der Waals surface area contributed by atoms with Crippen LogP contribution < -0.4 is 4.74 Å². The first-order valence-corrected chi connectivity index (χ1v) is 12.4. The van der Waals surface area contributed by atoms with Crippen LogP contribution in [0.2, 0.25) is 0 Å². The average Bonchev–Trinajstić information content (AvgIpc) is 3.40. The van der Waals surface area contributed by atoms with Gasteiger partial charge in [0.05, 0.1) is 22.1 Å². The van der Waals surface area contributed by atoms with Gasteiger partial charge in [0.15, 0.2) is 5.75 Å². The third-order valence-electron chi connectivity index (χ3n) is 5.63. The lowest BCUT2D eigenvalue weighted by Gasteiger charge is -2.21. The van der Waals surface area contributed by atoms with Gasteiger partial charge in [-0.15, -0.1) is 0 Å². The molecular formula is C25H24N4O4S2. The number of hydrogen-bond acceptors (Lipinski definition) is 7. The van der Waals surface area contributed by atoms with E-state index in [9.17, 15) is 14.9 Å². The van der Waals surface area contributed by atoms with Crippen LogP contribution >= 0.6 is 24.0 Å². The molecule has 1 saturated heterocycles. The number of aromatic nitrogens is 2. The van der Waals surface area contributed by atoms with E-state index in [2.05, 4.69) is 0 Å². The number of para-hydroxylation sites is 1. The number of rotatable bonds is 8. The van der Waals surface area contributed by atoms with Gasteiger partial charge in [0, 0.05) is 29.4 Å². The van der Waals surface area contributed by atoms with Crippen molar-refractivity contribution in [3.63, 3.8) is 0 Å². The Bertz CT molecular complexity index is 1320. The molecule has 1 aliphatic heterocycles. The van der Waals surface area contributed by atoms with Crippen molar-refractivity contribution in [1.29, 1.82) is 0 Å². The molecule has 0 N–H and O–H groups in total. The van der Waals surface area contributed by atoms with Crippen molar-refractivity contribution >= 4 is 46.0 Å². The van der Waals surface area contributed by atoms with E-state index >= 15 is 0 Å². The van der Waals surface area contributed by atoms with Crippen LogP contribution in [0.3, 0.4) is 0 Å². The average molecular weight is 509 g/mol. The highest BCUT2D eigenvalue weighted by atomic mass is 32.2. The van der Waals surface area contributed by atoms with Crippen molar-refractivity contribution in [2.75, 3.05) is 6.61 Å². The fourth-order valence-electron chi connectivity index (χ4n) is 3.70. The maximum Gasteiger partial charge on any atom is 0.311 e. The molecule has 4 rings (SSSR count). The minimum absolute atomic E-state index is 0.00586. The number of hydrogen-bond donors (Lipinski definition) is 0. The number of carbonyl (C=O) groups excluding carboxylic acids is 1. The molecule has 0 spiro atoms. The normalized spacial score (nSPS) is 15.6. The van der Waals surface area contributed by atoms with Crippen LogP contribution in [0.25, 0.3) is 23.0 Å². The maximum atomic E-state index is 13.1. The molecule has 1 aliphatic rings. The van der Waals surface area contributed by atoms with Crippen LogP contribution in [0.1, 0.15) is 32.8 Å². The number of benzene rings is 2. The van der Waals surface area contributed by atoms with E-state index in [0.29, 0.717) is 32.7 Å². The Morgan fingerprint density at radius 3 is 2.63 bits per heavy atom. The predicted octanol–water partition coefficient (Wildman–Crippen LogP) is 5.85. The van der Waals surface area contributed by atoms with Crippen LogP contribution in [-0.4, -0.2) is 42.5 Å². The molecule has 1 aromatic heterocycles. The van der Waals surface area contributed by atoms with Crippen LogP contribution in [0.4, 0.5) is 5.69 Å². The highest BCUT2D eigenvalue weighted by Gasteiger charge is 2.35. The Morgan fingerprint density at radius 2 is 1.97 bits per heavy atom. The third kappa shape index (κ3) is 4.98. The fourth-order valence-corrected chi connectivity index (χ4v) is 5.15. The Kier molecular flexibility index (Phi) is 7.32. The van der Waals surface area contributed by atoms with E-state index in [1.165, 1.54) is 17.8 Å². The number of carbonyl (C=O) groups is 1. The van der Waals surface area contributed by atoms with Crippen molar-refractivity contribution in [3.05, 3.63) is 75.3 Å². The summed E-state index contributed by atoms with van der Waals surface area (Å²) in [5.74, 6) is 0.0464. The molecule has 180 valence electrons. The minimum Gasteiger partial charge on any atom is -0.487 e. The quantitative estimate of drug-likeness (QED) is 0.163. The van der Waals surface area contributed by atoms with Crippen LogP contribution in [0.15, 0.2) is 59.6 Å². The Labute approximate surface area is 212 Å². The predicted molar refractivity (Wildman–Crippen MR) is 142 cm³/mol. The lowest BCUT2D eigenvalue weighted by atomic mass is 10.1. The van der Waals surface area contributed by atoms with Crippen molar-refractivity contribution in [2.24, 2.45) is 0 Å². The monoisotopic (exact) mass is 508 g/mol. The minimum atomic E-state index is -0.473. The van der Waals surface area contributed by atoms with Gasteiger partial charge in [-0.05, 0) is 50.6 Å². The molecular weight excluding hydrogens is 484 g/mol. The summed E-state index contributed by atoms with van der Waals surface area (Å²) in [5, 5.41) is 16.4. The van der Waals surface area contributed by atoms with Crippen LogP contribution in [0, 0.1) is 10.1 Å². The molecule has 1 unspecified atom stereocenters. The van der Waals surface area contributed by atoms with Gasteiger partial charge in [-0.25, -0.2) is 4.68 Å². The Balaban J connectivity index is 1.84. The van der Waals surface area contributed by atoms with E-state index in [1.807, 2.05) is 50.4 Å². The largest absolute Gasteiger partial charge is 0.487 e. The second-order valence-electron chi connectivity index (χ2n) is 7.89. The lowest BCUT2D eigenvalue weighted by Crippen LogP contribution is -2.36. The van der Waals surface area contributed by atoms with E-state index in [1.54, 1.807) is 34.7 Å². The molecule has 2 heterocycles. The summed E-state index contributed by atoms with van der Waals surface area (Å²) in [4.78, 5) is 26.5. The number of nitrogens with zero attached hydrogens (tertiary/aromatic N) is 4. The van der Waals surface area contributed by atoms with Gasteiger partial charge >= 0.3 is 5.69 Å². The lowest BCUT2D eigenvalue weighted by molar-refractivity contribution is -0.385. The summed E-state index contributed by atoms with van der Waals surface area (Å²) in [6, 6.07) is 14.3. The zero-order chi connectivity index (χ0) is 25.1. The second kappa shape index (κ2) is 10.4. The molecule has 2 aromatic carbocycles. The Hall–Kier alpha value is -3.50. The molecule has 35 heavy (non-hydrogen) atoms. The summed E-state index contributed by atoms with van der Waals surface area (Å²) >= 11 is 6.71. The first-order chi connectivity index (χ1) is 16.8. The smallest absolute Gasteiger partial charge is 0.311 e. The molecule has 3 aromatic rings. The highest BCUT2D eigenvalue weighted by Crippen LogP contribution is 2.38. The summed E-state index contributed by atoms with van der Waals surface area (Å²) in [5.41, 5.74) is 2.37. The van der Waals surface area contributed by atoms with Crippen molar-refractivity contribution in [2.45, 2.75) is 33.2 Å². The summed E-state index contributed by atoms with van der Waals surface area (Å²) < 4.78 is 7.64. The zero-order valence-corrected chi connectivity index (χ0v) is 21.1. The number of thioether (sulfide) groups is 1. The molecule has 1 atom stereocenters. The first-order valence-electron chi connectivity index (χ1n) is 11.2. The fraction of sp³-hybridized carbons (Fsp3) is 0.240. The van der Waals surface area contributed by atoms with Crippen molar-refractivity contribution < 1.29 is 14.5 Å². The molecule has 0 aliphatic carbocycles. The highest BCUT2D eigenvalue weighted by molar-refractivity contribution is 8.26. The van der Waals surface area contributed by atoms with Crippen LogP contribution in [-0.2, 0) is 4.79 Å². The van der Waals surface area contributed by atoms with Crippen molar-refractivity contribution in [3.8, 4) is 22.7 Å². The van der Waals surface area contributed by atoms with Gasteiger partial charge in [0.1, 0.15) is 10.0 Å². The van der Waals surface area contributed by atoms with E-state index in [-0.39, 0.29) is 23.4 Å². The van der Waals surface area contributed by atoms with Gasteiger partial charge in [-0.2, -0.15) is 5.10 Å². The topological polar surface area (TPSA) is 90.5 Å². The summed E-state index contributed by atoms with van der Waals surface area (Å²) in [6.07, 6.45) is 4.35. The number of nitro benzene ring substituents is 1. The molecule has 10 heteroatoms. The van der Waals surface area contributed by atoms with Crippen molar-refractivity contribution in [1.82, 2.24) is 14.7 Å². The van der Waals surface area contributed by atoms with Gasteiger partial charge in [0.25, 0.3) is 5.91 Å². The first kappa shape index (κ1) is 24.6. The van der Waals surface area contributed by atoms with E-state index in [0.717, 1.165) is 12.1 Å². The Morgan fingerprint density at radius 1 is 1.23 bits per heavy atom. The third-order valence-corrected chi connectivity index (χ3v) is 6.96. The number of ether oxygens (including phenoxy) is 1. The number of thiocarbonyl (C=S) groups is 1. The number of nitro groups is 1. The molecule has 0 radical (unpaired) electrons.